The number of fused-ring (bicyclic) bond motifs is 1. The molecule has 1 aromatic heterocycles. The van der Waals surface area contributed by atoms with Gasteiger partial charge in [-0.3, -0.25) is 4.79 Å². The standard InChI is InChI=1S/C14H14BrNO4/c1-7(2)12(14(18)19)16-13(17)11-6-8-5-9(15)3-4-10(8)20-11/h3-7,12H,1-2H3,(H,16,17)(H,18,19). The second kappa shape index (κ2) is 5.66. The topological polar surface area (TPSA) is 79.5 Å². The molecule has 2 rings (SSSR count). The average molecular weight is 340 g/mol. The summed E-state index contributed by atoms with van der Waals surface area (Å²) in [5.41, 5.74) is 0.578. The summed E-state index contributed by atoms with van der Waals surface area (Å²) in [6.45, 7) is 3.46. The molecule has 5 nitrogen and oxygen atoms in total. The second-order valence-corrected chi connectivity index (χ2v) is 5.74. The van der Waals surface area contributed by atoms with Crippen LogP contribution in [0.15, 0.2) is 33.2 Å². The first-order valence-corrected chi connectivity index (χ1v) is 6.90. The number of halogens is 1. The number of hydrogen-bond acceptors (Lipinski definition) is 3. The number of carbonyl (C=O) groups is 2. The van der Waals surface area contributed by atoms with E-state index in [0.717, 1.165) is 9.86 Å². The van der Waals surface area contributed by atoms with E-state index in [1.165, 1.54) is 0 Å². The zero-order chi connectivity index (χ0) is 14.9. The molecule has 0 aliphatic heterocycles. The fraction of sp³-hybridized carbons (Fsp3) is 0.286. The normalized spacial score (nSPS) is 12.6. The quantitative estimate of drug-likeness (QED) is 0.897. The van der Waals surface area contributed by atoms with E-state index in [1.807, 2.05) is 12.1 Å². The lowest BCUT2D eigenvalue weighted by atomic mass is 10.0. The first-order chi connectivity index (χ1) is 9.38. The summed E-state index contributed by atoms with van der Waals surface area (Å²) < 4.78 is 6.30. The van der Waals surface area contributed by atoms with Crippen LogP contribution in [0.3, 0.4) is 0 Å². The van der Waals surface area contributed by atoms with Gasteiger partial charge in [0.05, 0.1) is 0 Å². The number of benzene rings is 1. The molecule has 1 aromatic carbocycles. The van der Waals surface area contributed by atoms with Crippen LogP contribution < -0.4 is 5.32 Å². The van der Waals surface area contributed by atoms with Crippen molar-refractivity contribution in [2.24, 2.45) is 5.92 Å². The van der Waals surface area contributed by atoms with Crippen LogP contribution in [-0.4, -0.2) is 23.0 Å². The molecule has 0 spiro atoms. The molecule has 20 heavy (non-hydrogen) atoms. The number of amides is 1. The molecule has 2 N–H and O–H groups in total. The van der Waals surface area contributed by atoms with Gasteiger partial charge >= 0.3 is 5.97 Å². The lowest BCUT2D eigenvalue weighted by Gasteiger charge is -2.16. The minimum atomic E-state index is -1.06. The van der Waals surface area contributed by atoms with Crippen LogP contribution in [0.4, 0.5) is 0 Å². The molecule has 1 amide bonds. The van der Waals surface area contributed by atoms with E-state index >= 15 is 0 Å². The van der Waals surface area contributed by atoms with Crippen LogP contribution in [0, 0.1) is 5.92 Å². The maximum Gasteiger partial charge on any atom is 0.326 e. The number of aliphatic carboxylic acids is 1. The van der Waals surface area contributed by atoms with Gasteiger partial charge in [0.1, 0.15) is 11.6 Å². The van der Waals surface area contributed by atoms with Crippen molar-refractivity contribution in [3.8, 4) is 0 Å². The van der Waals surface area contributed by atoms with Crippen LogP contribution in [0.1, 0.15) is 24.4 Å². The fourth-order valence-corrected chi connectivity index (χ4v) is 2.23. The Labute approximate surface area is 124 Å². The number of hydrogen-bond donors (Lipinski definition) is 2. The smallest absolute Gasteiger partial charge is 0.326 e. The van der Waals surface area contributed by atoms with Gasteiger partial charge in [-0.05, 0) is 30.2 Å². The van der Waals surface area contributed by atoms with Crippen molar-refractivity contribution >= 4 is 38.8 Å². The van der Waals surface area contributed by atoms with Gasteiger partial charge < -0.3 is 14.8 Å². The SMILES string of the molecule is CC(C)C(NC(=O)c1cc2cc(Br)ccc2o1)C(=O)O. The molecule has 0 saturated heterocycles. The van der Waals surface area contributed by atoms with Crippen LogP contribution in [0.25, 0.3) is 11.0 Å². The molecule has 1 unspecified atom stereocenters. The molecule has 0 radical (unpaired) electrons. The Balaban J connectivity index is 2.25. The van der Waals surface area contributed by atoms with E-state index in [0.29, 0.717) is 5.58 Å². The maximum absolute atomic E-state index is 12.0. The Morgan fingerprint density at radius 3 is 2.60 bits per heavy atom. The second-order valence-electron chi connectivity index (χ2n) is 4.83. The molecule has 0 saturated carbocycles. The number of rotatable bonds is 4. The Morgan fingerprint density at radius 1 is 1.30 bits per heavy atom. The first kappa shape index (κ1) is 14.6. The zero-order valence-corrected chi connectivity index (χ0v) is 12.6. The highest BCUT2D eigenvalue weighted by atomic mass is 79.9. The predicted octanol–water partition coefficient (Wildman–Crippen LogP) is 3.03. The van der Waals surface area contributed by atoms with Crippen molar-refractivity contribution in [1.29, 1.82) is 0 Å². The van der Waals surface area contributed by atoms with Crippen molar-refractivity contribution in [2.45, 2.75) is 19.9 Å². The van der Waals surface area contributed by atoms with E-state index in [4.69, 9.17) is 9.52 Å². The monoisotopic (exact) mass is 339 g/mol. The molecule has 0 bridgehead atoms. The molecule has 106 valence electrons. The van der Waals surface area contributed by atoms with Gasteiger partial charge in [0.15, 0.2) is 5.76 Å². The Kier molecular flexibility index (Phi) is 4.13. The van der Waals surface area contributed by atoms with Crippen molar-refractivity contribution in [1.82, 2.24) is 5.32 Å². The van der Waals surface area contributed by atoms with Gasteiger partial charge in [-0.1, -0.05) is 29.8 Å². The highest BCUT2D eigenvalue weighted by Crippen LogP contribution is 2.23. The van der Waals surface area contributed by atoms with Crippen molar-refractivity contribution in [3.05, 3.63) is 34.5 Å². The lowest BCUT2D eigenvalue weighted by molar-refractivity contribution is -0.140. The van der Waals surface area contributed by atoms with E-state index in [9.17, 15) is 9.59 Å². The van der Waals surface area contributed by atoms with Gasteiger partial charge in [0.25, 0.3) is 5.91 Å². The molecule has 6 heteroatoms. The summed E-state index contributed by atoms with van der Waals surface area (Å²) in [5, 5.41) is 12.3. The molecule has 1 atom stereocenters. The molecule has 1 heterocycles. The minimum absolute atomic E-state index is 0.102. The zero-order valence-electron chi connectivity index (χ0n) is 11.0. The van der Waals surface area contributed by atoms with Crippen molar-refractivity contribution in [2.75, 3.05) is 0 Å². The summed E-state index contributed by atoms with van der Waals surface area (Å²) >= 11 is 3.34. The predicted molar refractivity (Wildman–Crippen MR) is 77.6 cm³/mol. The summed E-state index contributed by atoms with van der Waals surface area (Å²) in [6, 6.07) is 6.03. The van der Waals surface area contributed by atoms with Gasteiger partial charge in [0, 0.05) is 9.86 Å². The summed E-state index contributed by atoms with van der Waals surface area (Å²) in [6.07, 6.45) is 0. The number of furan rings is 1. The highest BCUT2D eigenvalue weighted by Gasteiger charge is 2.25. The van der Waals surface area contributed by atoms with E-state index in [1.54, 1.807) is 26.0 Å². The molecule has 0 fully saturated rings. The summed E-state index contributed by atoms with van der Waals surface area (Å²) in [4.78, 5) is 23.1. The highest BCUT2D eigenvalue weighted by molar-refractivity contribution is 9.10. The van der Waals surface area contributed by atoms with E-state index in [-0.39, 0.29) is 11.7 Å². The third kappa shape index (κ3) is 3.01. The molecule has 0 aliphatic carbocycles. The van der Waals surface area contributed by atoms with Gasteiger partial charge in [-0.2, -0.15) is 0 Å². The summed E-state index contributed by atoms with van der Waals surface area (Å²) in [5.74, 6) is -1.70. The number of carbonyl (C=O) groups excluding carboxylic acids is 1. The van der Waals surface area contributed by atoms with Crippen LogP contribution in [-0.2, 0) is 4.79 Å². The number of carboxylic acids is 1. The molecular weight excluding hydrogens is 326 g/mol. The van der Waals surface area contributed by atoms with Gasteiger partial charge in [-0.15, -0.1) is 0 Å². The Morgan fingerprint density at radius 2 is 2.00 bits per heavy atom. The number of nitrogens with one attached hydrogen (secondary N) is 1. The molecule has 0 aliphatic rings. The third-order valence-corrected chi connectivity index (χ3v) is 3.41. The minimum Gasteiger partial charge on any atom is -0.480 e. The maximum atomic E-state index is 12.0. The summed E-state index contributed by atoms with van der Waals surface area (Å²) in [7, 11) is 0. The van der Waals surface area contributed by atoms with Crippen LogP contribution >= 0.6 is 15.9 Å². The van der Waals surface area contributed by atoms with E-state index < -0.39 is 17.9 Å². The van der Waals surface area contributed by atoms with Gasteiger partial charge in [0.2, 0.25) is 0 Å². The van der Waals surface area contributed by atoms with Crippen molar-refractivity contribution < 1.29 is 19.1 Å². The van der Waals surface area contributed by atoms with E-state index in [2.05, 4.69) is 21.2 Å². The first-order valence-electron chi connectivity index (χ1n) is 6.11. The van der Waals surface area contributed by atoms with Crippen LogP contribution in [0.5, 0.6) is 0 Å². The lowest BCUT2D eigenvalue weighted by Crippen LogP contribution is -2.44. The molecular formula is C14H14BrNO4. The van der Waals surface area contributed by atoms with Crippen molar-refractivity contribution in [3.63, 3.8) is 0 Å². The van der Waals surface area contributed by atoms with Crippen LogP contribution in [0.2, 0.25) is 0 Å². The third-order valence-electron chi connectivity index (χ3n) is 2.92. The number of carboxylic acid groups (broad SMARTS) is 1. The van der Waals surface area contributed by atoms with Gasteiger partial charge in [-0.25, -0.2) is 4.79 Å². The largest absolute Gasteiger partial charge is 0.480 e. The molecule has 2 aromatic rings. The Bertz CT molecular complexity index is 662. The fourth-order valence-electron chi connectivity index (χ4n) is 1.85. The Hall–Kier alpha value is -1.82. The average Bonchev–Trinajstić information content (AvgIpc) is 2.77.